The summed E-state index contributed by atoms with van der Waals surface area (Å²) in [5.74, 6) is 0.0533. The highest BCUT2D eigenvalue weighted by atomic mass is 35.5. The Kier molecular flexibility index (Phi) is 3.97. The van der Waals surface area contributed by atoms with E-state index < -0.39 is 5.67 Å². The molecule has 2 rings (SSSR count). The summed E-state index contributed by atoms with van der Waals surface area (Å²) >= 11 is 6.19. The van der Waals surface area contributed by atoms with E-state index in [-0.39, 0.29) is 5.92 Å². The number of nitrogens with one attached hydrogen (secondary N) is 1. The van der Waals surface area contributed by atoms with Gasteiger partial charge >= 0.3 is 0 Å². The zero-order valence-electron chi connectivity index (χ0n) is 11.3. The van der Waals surface area contributed by atoms with Crippen molar-refractivity contribution < 1.29 is 4.39 Å². The van der Waals surface area contributed by atoms with E-state index in [2.05, 4.69) is 10.4 Å². The van der Waals surface area contributed by atoms with Crippen molar-refractivity contribution in [3.63, 3.8) is 0 Å². The molecule has 0 aliphatic carbocycles. The van der Waals surface area contributed by atoms with Crippen LogP contribution in [0, 0.1) is 12.8 Å². The Labute approximate surface area is 113 Å². The van der Waals surface area contributed by atoms with Crippen molar-refractivity contribution in [3.05, 3.63) is 16.4 Å². The topological polar surface area (TPSA) is 29.9 Å². The van der Waals surface area contributed by atoms with Crippen molar-refractivity contribution >= 4 is 11.6 Å². The fraction of sp³-hybridized carbons (Fsp3) is 0.769. The highest BCUT2D eigenvalue weighted by Crippen LogP contribution is 2.33. The minimum Gasteiger partial charge on any atom is -0.316 e. The number of rotatable bonds is 3. The first kappa shape index (κ1) is 13.8. The van der Waals surface area contributed by atoms with Crippen LogP contribution >= 0.6 is 11.6 Å². The van der Waals surface area contributed by atoms with Gasteiger partial charge in [0.05, 0.1) is 16.4 Å². The number of halogens is 2. The van der Waals surface area contributed by atoms with Crippen molar-refractivity contribution in [1.82, 2.24) is 15.1 Å². The smallest absolute Gasteiger partial charge is 0.117 e. The van der Waals surface area contributed by atoms with Gasteiger partial charge in [0, 0.05) is 25.9 Å². The Morgan fingerprint density at radius 3 is 2.83 bits per heavy atom. The molecule has 0 aromatic carbocycles. The maximum absolute atomic E-state index is 14.9. The standard InChI is InChI=1S/C13H21ClFN3/c1-9-12(14)11(18(3)17-9)7-13(2,15)10-5-4-6-16-8-10/h10,16H,4-8H2,1-3H3. The lowest BCUT2D eigenvalue weighted by molar-refractivity contribution is 0.0813. The summed E-state index contributed by atoms with van der Waals surface area (Å²) in [6.45, 7) is 5.28. The van der Waals surface area contributed by atoms with E-state index in [4.69, 9.17) is 11.6 Å². The Hall–Kier alpha value is -0.610. The highest BCUT2D eigenvalue weighted by Gasteiger charge is 2.36. The molecular formula is C13H21ClFN3. The number of piperidine rings is 1. The van der Waals surface area contributed by atoms with Crippen LogP contribution in [-0.2, 0) is 13.5 Å². The van der Waals surface area contributed by atoms with Gasteiger partial charge in [-0.2, -0.15) is 5.10 Å². The van der Waals surface area contributed by atoms with Gasteiger partial charge in [0.1, 0.15) is 5.67 Å². The minimum atomic E-state index is -1.24. The summed E-state index contributed by atoms with van der Waals surface area (Å²) < 4.78 is 16.6. The number of aryl methyl sites for hydroxylation is 2. The van der Waals surface area contributed by atoms with Gasteiger partial charge in [-0.05, 0) is 33.2 Å². The molecule has 1 aromatic heterocycles. The van der Waals surface area contributed by atoms with Gasteiger partial charge in [0.25, 0.3) is 0 Å². The van der Waals surface area contributed by atoms with Gasteiger partial charge in [0.15, 0.2) is 0 Å². The molecule has 1 fully saturated rings. The van der Waals surface area contributed by atoms with E-state index in [1.165, 1.54) is 0 Å². The van der Waals surface area contributed by atoms with Gasteiger partial charge in [-0.1, -0.05) is 11.6 Å². The van der Waals surface area contributed by atoms with Crippen molar-refractivity contribution in [3.8, 4) is 0 Å². The normalized spacial score (nSPS) is 23.9. The van der Waals surface area contributed by atoms with Crippen LogP contribution in [0.2, 0.25) is 5.02 Å². The number of hydrogen-bond donors (Lipinski definition) is 1. The largest absolute Gasteiger partial charge is 0.316 e. The van der Waals surface area contributed by atoms with Crippen LogP contribution in [0.1, 0.15) is 31.2 Å². The Morgan fingerprint density at radius 1 is 1.61 bits per heavy atom. The molecule has 5 heteroatoms. The molecule has 0 amide bonds. The van der Waals surface area contributed by atoms with E-state index in [1.54, 1.807) is 11.6 Å². The van der Waals surface area contributed by atoms with E-state index in [1.807, 2.05) is 14.0 Å². The molecule has 1 aliphatic heterocycles. The van der Waals surface area contributed by atoms with Crippen LogP contribution in [0.3, 0.4) is 0 Å². The third-order valence-electron chi connectivity index (χ3n) is 3.92. The molecule has 18 heavy (non-hydrogen) atoms. The number of hydrogen-bond acceptors (Lipinski definition) is 2. The van der Waals surface area contributed by atoms with Crippen LogP contribution in [-0.4, -0.2) is 28.5 Å². The zero-order chi connectivity index (χ0) is 13.3. The number of alkyl halides is 1. The van der Waals surface area contributed by atoms with Gasteiger partial charge in [0.2, 0.25) is 0 Å². The summed E-state index contributed by atoms with van der Waals surface area (Å²) in [6.07, 6.45) is 2.31. The molecule has 1 aromatic rings. The minimum absolute atomic E-state index is 0.0533. The summed E-state index contributed by atoms with van der Waals surface area (Å²) in [5, 5.41) is 8.11. The molecule has 102 valence electrons. The zero-order valence-corrected chi connectivity index (χ0v) is 12.0. The van der Waals surface area contributed by atoms with Crippen molar-refractivity contribution in [2.45, 2.75) is 38.8 Å². The van der Waals surface area contributed by atoms with Crippen LogP contribution in [0.15, 0.2) is 0 Å². The maximum Gasteiger partial charge on any atom is 0.117 e. The van der Waals surface area contributed by atoms with Crippen molar-refractivity contribution in [2.75, 3.05) is 13.1 Å². The number of nitrogens with zero attached hydrogens (tertiary/aromatic N) is 2. The molecular weight excluding hydrogens is 253 g/mol. The molecule has 1 saturated heterocycles. The van der Waals surface area contributed by atoms with E-state index in [0.717, 1.165) is 37.3 Å². The van der Waals surface area contributed by atoms with Crippen molar-refractivity contribution in [2.24, 2.45) is 13.0 Å². The Morgan fingerprint density at radius 2 is 2.33 bits per heavy atom. The SMILES string of the molecule is Cc1nn(C)c(CC(C)(F)C2CCCNC2)c1Cl. The Bertz CT molecular complexity index is 422. The molecule has 3 nitrogen and oxygen atoms in total. The second-order valence-corrected chi connectivity index (χ2v) is 5.85. The molecule has 0 saturated carbocycles. The highest BCUT2D eigenvalue weighted by molar-refractivity contribution is 6.31. The lowest BCUT2D eigenvalue weighted by Crippen LogP contribution is -2.43. The van der Waals surface area contributed by atoms with Gasteiger partial charge in [-0.25, -0.2) is 4.39 Å². The summed E-state index contributed by atoms with van der Waals surface area (Å²) in [5.41, 5.74) is 0.327. The first-order valence-corrected chi connectivity index (χ1v) is 6.87. The molecule has 1 N–H and O–H groups in total. The molecule has 0 bridgehead atoms. The van der Waals surface area contributed by atoms with E-state index in [9.17, 15) is 4.39 Å². The molecule has 2 atom stereocenters. The average molecular weight is 274 g/mol. The summed E-state index contributed by atoms with van der Waals surface area (Å²) in [6, 6.07) is 0. The first-order chi connectivity index (χ1) is 8.42. The monoisotopic (exact) mass is 273 g/mol. The lowest BCUT2D eigenvalue weighted by Gasteiger charge is -2.33. The third kappa shape index (κ3) is 2.69. The second-order valence-electron chi connectivity index (χ2n) is 5.47. The number of aromatic nitrogens is 2. The molecule has 0 radical (unpaired) electrons. The molecule has 2 heterocycles. The fourth-order valence-corrected chi connectivity index (χ4v) is 2.94. The quantitative estimate of drug-likeness (QED) is 0.918. The van der Waals surface area contributed by atoms with Crippen LogP contribution in [0.5, 0.6) is 0 Å². The molecule has 1 aliphatic rings. The predicted molar refractivity (Wildman–Crippen MR) is 71.8 cm³/mol. The molecule has 0 spiro atoms. The van der Waals surface area contributed by atoms with Crippen molar-refractivity contribution in [1.29, 1.82) is 0 Å². The Balaban J connectivity index is 2.15. The molecule has 2 unspecified atom stereocenters. The van der Waals surface area contributed by atoms with Gasteiger partial charge in [-0.15, -0.1) is 0 Å². The summed E-state index contributed by atoms with van der Waals surface area (Å²) in [4.78, 5) is 0. The lowest BCUT2D eigenvalue weighted by atomic mass is 9.82. The first-order valence-electron chi connectivity index (χ1n) is 6.49. The fourth-order valence-electron chi connectivity index (χ4n) is 2.71. The average Bonchev–Trinajstić information content (AvgIpc) is 2.57. The maximum atomic E-state index is 14.9. The second kappa shape index (κ2) is 5.17. The summed E-state index contributed by atoms with van der Waals surface area (Å²) in [7, 11) is 1.82. The third-order valence-corrected chi connectivity index (χ3v) is 4.41. The predicted octanol–water partition coefficient (Wildman–Crippen LogP) is 2.65. The van der Waals surface area contributed by atoms with Gasteiger partial charge < -0.3 is 5.32 Å². The van der Waals surface area contributed by atoms with E-state index >= 15 is 0 Å². The van der Waals surface area contributed by atoms with Crippen LogP contribution in [0.25, 0.3) is 0 Å². The van der Waals surface area contributed by atoms with E-state index in [0.29, 0.717) is 11.4 Å². The van der Waals surface area contributed by atoms with Crippen LogP contribution in [0.4, 0.5) is 4.39 Å². The van der Waals surface area contributed by atoms with Gasteiger partial charge in [-0.3, -0.25) is 4.68 Å². The van der Waals surface area contributed by atoms with Crippen LogP contribution < -0.4 is 5.32 Å².